The third-order valence-corrected chi connectivity index (χ3v) is 3.34. The Bertz CT molecular complexity index is 569. The summed E-state index contributed by atoms with van der Waals surface area (Å²) in [5, 5.41) is 8.74. The molecule has 0 bridgehead atoms. The minimum atomic E-state index is -0.104. The minimum absolute atomic E-state index is 0.0477. The van der Waals surface area contributed by atoms with Gasteiger partial charge >= 0.3 is 0 Å². The molecule has 0 radical (unpaired) electrons. The van der Waals surface area contributed by atoms with E-state index in [0.29, 0.717) is 25.3 Å². The first-order valence-corrected chi connectivity index (χ1v) is 7.68. The Morgan fingerprint density at radius 3 is 3.14 bits per heavy atom. The predicted octanol–water partition coefficient (Wildman–Crippen LogP) is 2.16. The van der Waals surface area contributed by atoms with Crippen LogP contribution < -0.4 is 16.0 Å². The number of fused-ring (bicyclic) bond motifs is 1. The molecule has 0 unspecified atom stereocenters. The van der Waals surface area contributed by atoms with Crippen molar-refractivity contribution in [3.8, 4) is 0 Å². The average Bonchev–Trinajstić information content (AvgIpc) is 2.69. The smallest absolute Gasteiger partial charge is 0.243 e. The van der Waals surface area contributed by atoms with E-state index in [1.54, 1.807) is 12.3 Å². The van der Waals surface area contributed by atoms with Gasteiger partial charge in [-0.15, -0.1) is 0 Å². The van der Waals surface area contributed by atoms with Gasteiger partial charge in [-0.25, -0.2) is 4.98 Å². The maximum atomic E-state index is 11.7. The molecule has 2 rings (SSSR count). The van der Waals surface area contributed by atoms with E-state index in [1.807, 2.05) is 6.07 Å². The highest BCUT2D eigenvalue weighted by atomic mass is 16.2. The third-order valence-electron chi connectivity index (χ3n) is 3.34. The maximum absolute atomic E-state index is 11.7. The van der Waals surface area contributed by atoms with Crippen molar-refractivity contribution in [1.29, 1.82) is 0 Å². The quantitative estimate of drug-likeness (QED) is 0.555. The molecule has 1 aliphatic rings. The van der Waals surface area contributed by atoms with Crippen LogP contribution in [0.2, 0.25) is 0 Å². The number of amides is 2. The molecule has 3 N–H and O–H groups in total. The lowest BCUT2D eigenvalue weighted by Crippen LogP contribution is -2.21. The molecule has 2 amide bonds. The molecule has 118 valence electrons. The Morgan fingerprint density at radius 2 is 2.32 bits per heavy atom. The summed E-state index contributed by atoms with van der Waals surface area (Å²) in [4.78, 5) is 27.3. The summed E-state index contributed by atoms with van der Waals surface area (Å²) in [6, 6.07) is 1.87. The van der Waals surface area contributed by atoms with Gasteiger partial charge in [-0.2, -0.15) is 0 Å². The molecule has 1 aromatic heterocycles. The molecule has 1 aromatic rings. The number of nitrogens with zero attached hydrogens (tertiary/aromatic N) is 1. The number of aromatic nitrogens is 1. The van der Waals surface area contributed by atoms with Gasteiger partial charge in [0.05, 0.1) is 5.69 Å². The zero-order valence-corrected chi connectivity index (χ0v) is 12.8. The van der Waals surface area contributed by atoms with Crippen molar-refractivity contribution in [2.24, 2.45) is 0 Å². The first kappa shape index (κ1) is 16.0. The van der Waals surface area contributed by atoms with Crippen molar-refractivity contribution in [3.05, 3.63) is 23.9 Å². The normalized spacial score (nSPS) is 14.0. The molecule has 0 atom stereocenters. The molecular weight excluding hydrogens is 280 g/mol. The topological polar surface area (TPSA) is 83.1 Å². The number of unbranched alkanes of at least 4 members (excludes halogenated alkanes) is 2. The van der Waals surface area contributed by atoms with Crippen molar-refractivity contribution in [3.63, 3.8) is 0 Å². The standard InChI is InChI=1S/C16H22N4O2/c1-2-3-4-8-18-14(21)6-5-12-10-13-16(19-11-12)20-15(22)7-9-17-13/h5-6,10-11,17H,2-4,7-9H2,1H3,(H,18,21)(H,19,20,22)/b6-5+. The van der Waals surface area contributed by atoms with Crippen LogP contribution in [0.3, 0.4) is 0 Å². The van der Waals surface area contributed by atoms with Crippen LogP contribution >= 0.6 is 0 Å². The summed E-state index contributed by atoms with van der Waals surface area (Å²) in [7, 11) is 0. The number of hydrogen-bond donors (Lipinski definition) is 3. The van der Waals surface area contributed by atoms with Crippen molar-refractivity contribution in [2.75, 3.05) is 23.7 Å². The average molecular weight is 302 g/mol. The Hall–Kier alpha value is -2.37. The Labute approximate surface area is 130 Å². The van der Waals surface area contributed by atoms with E-state index < -0.39 is 0 Å². The zero-order chi connectivity index (χ0) is 15.8. The van der Waals surface area contributed by atoms with Crippen LogP contribution in [0.25, 0.3) is 6.08 Å². The van der Waals surface area contributed by atoms with Crippen LogP contribution in [0.4, 0.5) is 11.5 Å². The summed E-state index contributed by atoms with van der Waals surface area (Å²) in [6.45, 7) is 3.40. The first-order chi connectivity index (χ1) is 10.7. The van der Waals surface area contributed by atoms with E-state index in [9.17, 15) is 9.59 Å². The SMILES string of the molecule is CCCCCNC(=O)/C=C/c1cnc2c(c1)NCCC(=O)N2. The van der Waals surface area contributed by atoms with Crippen molar-refractivity contribution in [1.82, 2.24) is 10.3 Å². The molecule has 0 aromatic carbocycles. The fourth-order valence-electron chi connectivity index (χ4n) is 2.13. The van der Waals surface area contributed by atoms with Crippen molar-refractivity contribution in [2.45, 2.75) is 32.6 Å². The molecule has 0 spiro atoms. The lowest BCUT2D eigenvalue weighted by Gasteiger charge is -2.07. The molecule has 0 saturated heterocycles. The molecule has 0 saturated carbocycles. The van der Waals surface area contributed by atoms with Crippen LogP contribution in [-0.4, -0.2) is 29.9 Å². The molecule has 22 heavy (non-hydrogen) atoms. The van der Waals surface area contributed by atoms with Gasteiger partial charge < -0.3 is 16.0 Å². The summed E-state index contributed by atoms with van der Waals surface area (Å²) in [6.07, 6.45) is 8.53. The fourth-order valence-corrected chi connectivity index (χ4v) is 2.13. The van der Waals surface area contributed by atoms with Gasteiger partial charge in [0.2, 0.25) is 11.8 Å². The zero-order valence-electron chi connectivity index (χ0n) is 12.8. The van der Waals surface area contributed by atoms with E-state index in [1.165, 1.54) is 6.08 Å². The predicted molar refractivity (Wildman–Crippen MR) is 87.5 cm³/mol. The number of carbonyl (C=O) groups excluding carboxylic acids is 2. The van der Waals surface area contributed by atoms with Crippen LogP contribution in [-0.2, 0) is 9.59 Å². The number of nitrogens with one attached hydrogen (secondary N) is 3. The van der Waals surface area contributed by atoms with E-state index in [4.69, 9.17) is 0 Å². The van der Waals surface area contributed by atoms with Crippen LogP contribution in [0, 0.1) is 0 Å². The summed E-state index contributed by atoms with van der Waals surface area (Å²) < 4.78 is 0. The lowest BCUT2D eigenvalue weighted by atomic mass is 10.2. The highest BCUT2D eigenvalue weighted by Gasteiger charge is 2.13. The van der Waals surface area contributed by atoms with Crippen LogP contribution in [0.1, 0.15) is 38.2 Å². The summed E-state index contributed by atoms with van der Waals surface area (Å²) in [5.74, 6) is 0.379. The van der Waals surface area contributed by atoms with Crippen LogP contribution in [0.5, 0.6) is 0 Å². The van der Waals surface area contributed by atoms with Gasteiger partial charge in [0, 0.05) is 31.8 Å². The second-order valence-electron chi connectivity index (χ2n) is 5.22. The fraction of sp³-hybridized carbons (Fsp3) is 0.438. The van der Waals surface area contributed by atoms with Crippen molar-refractivity contribution >= 4 is 29.4 Å². The highest BCUT2D eigenvalue weighted by Crippen LogP contribution is 2.23. The number of hydrogen-bond acceptors (Lipinski definition) is 4. The monoisotopic (exact) mass is 302 g/mol. The van der Waals surface area contributed by atoms with E-state index >= 15 is 0 Å². The molecular formula is C16H22N4O2. The van der Waals surface area contributed by atoms with Gasteiger partial charge in [-0.05, 0) is 24.1 Å². The Balaban J connectivity index is 1.93. The van der Waals surface area contributed by atoms with Gasteiger partial charge in [0.1, 0.15) is 0 Å². The Kier molecular flexibility index (Phi) is 5.94. The van der Waals surface area contributed by atoms with Gasteiger partial charge in [-0.1, -0.05) is 19.8 Å². The molecule has 6 heteroatoms. The number of rotatable bonds is 6. The van der Waals surface area contributed by atoms with Gasteiger partial charge in [0.15, 0.2) is 5.82 Å². The van der Waals surface area contributed by atoms with E-state index in [0.717, 1.165) is 30.5 Å². The number of pyridine rings is 1. The number of carbonyl (C=O) groups is 2. The van der Waals surface area contributed by atoms with E-state index in [-0.39, 0.29) is 11.8 Å². The first-order valence-electron chi connectivity index (χ1n) is 7.68. The van der Waals surface area contributed by atoms with Crippen molar-refractivity contribution < 1.29 is 9.59 Å². The minimum Gasteiger partial charge on any atom is -0.382 e. The van der Waals surface area contributed by atoms with Gasteiger partial charge in [0.25, 0.3) is 0 Å². The largest absolute Gasteiger partial charge is 0.382 e. The maximum Gasteiger partial charge on any atom is 0.243 e. The van der Waals surface area contributed by atoms with E-state index in [2.05, 4.69) is 27.9 Å². The second kappa shape index (κ2) is 8.17. The summed E-state index contributed by atoms with van der Waals surface area (Å²) in [5.41, 5.74) is 1.59. The van der Waals surface area contributed by atoms with Crippen LogP contribution in [0.15, 0.2) is 18.3 Å². The molecule has 1 aliphatic heterocycles. The Morgan fingerprint density at radius 1 is 1.45 bits per heavy atom. The second-order valence-corrected chi connectivity index (χ2v) is 5.22. The number of anilines is 2. The summed E-state index contributed by atoms with van der Waals surface area (Å²) >= 11 is 0. The molecule has 6 nitrogen and oxygen atoms in total. The molecule has 2 heterocycles. The third kappa shape index (κ3) is 4.87. The van der Waals surface area contributed by atoms with Gasteiger partial charge in [-0.3, -0.25) is 9.59 Å². The highest BCUT2D eigenvalue weighted by molar-refractivity contribution is 5.95. The lowest BCUT2D eigenvalue weighted by molar-refractivity contribution is -0.117. The molecule has 0 aliphatic carbocycles. The molecule has 0 fully saturated rings.